The van der Waals surface area contributed by atoms with E-state index in [1.54, 1.807) is 0 Å². The van der Waals surface area contributed by atoms with Gasteiger partial charge in [-0.2, -0.15) is 0 Å². The molecule has 4 aromatic carbocycles. The zero-order chi connectivity index (χ0) is 25.3. The minimum absolute atomic E-state index is 0.204. The number of nitrogen functional groups attached to an aromatic ring is 2. The van der Waals surface area contributed by atoms with Crippen LogP contribution < -0.4 is 20.9 Å². The van der Waals surface area contributed by atoms with Gasteiger partial charge in [-0.15, -0.1) is 0 Å². The Hall–Kier alpha value is -3.92. The number of benzene rings is 4. The van der Waals surface area contributed by atoms with Crippen LogP contribution in [0, 0.1) is 27.7 Å². The normalized spacial score (nSPS) is 11.4. The highest BCUT2D eigenvalue weighted by Crippen LogP contribution is 2.40. The van der Waals surface area contributed by atoms with Gasteiger partial charge in [0.15, 0.2) is 0 Å². The Morgan fingerprint density at radius 1 is 0.514 bits per heavy atom. The van der Waals surface area contributed by atoms with Crippen LogP contribution in [0.5, 0.6) is 23.0 Å². The van der Waals surface area contributed by atoms with Crippen LogP contribution in [-0.2, 0) is 5.41 Å². The molecule has 35 heavy (non-hydrogen) atoms. The summed E-state index contributed by atoms with van der Waals surface area (Å²) in [7, 11) is 0. The summed E-state index contributed by atoms with van der Waals surface area (Å²) >= 11 is 0. The Morgan fingerprint density at radius 2 is 0.800 bits per heavy atom. The van der Waals surface area contributed by atoms with Gasteiger partial charge < -0.3 is 20.9 Å². The summed E-state index contributed by atoms with van der Waals surface area (Å²) in [6.45, 7) is 12.9. The van der Waals surface area contributed by atoms with Gasteiger partial charge >= 0.3 is 0 Å². The highest BCUT2D eigenvalue weighted by Gasteiger charge is 2.26. The molecular formula is C31H34N2O2. The molecule has 0 unspecified atom stereocenters. The summed E-state index contributed by atoms with van der Waals surface area (Å²) < 4.78 is 12.4. The first-order valence-electron chi connectivity index (χ1n) is 11.8. The molecule has 0 saturated carbocycles. The van der Waals surface area contributed by atoms with Gasteiger partial charge in [-0.05, 0) is 110 Å². The number of aryl methyl sites for hydroxylation is 4. The van der Waals surface area contributed by atoms with Crippen LogP contribution in [0.4, 0.5) is 11.4 Å². The summed E-state index contributed by atoms with van der Waals surface area (Å²) in [5.41, 5.74) is 19.7. The van der Waals surface area contributed by atoms with E-state index in [1.165, 1.54) is 11.1 Å². The standard InChI is InChI=1S/C31H34N2O2/c1-19-15-23(16-20(2)29(19)34-27-11-7-25(32)8-12-27)31(5,6)24-17-21(3)30(22(4)18-24)35-28-13-9-26(33)10-14-28/h7-18H,32-33H2,1-6H3. The SMILES string of the molecule is Cc1cc(C(C)(C)c2cc(C)c(Oc3ccc(N)cc3)c(C)c2)cc(C)c1Oc1ccc(N)cc1. The monoisotopic (exact) mass is 466 g/mol. The second-order valence-corrected chi connectivity index (χ2v) is 9.85. The number of ether oxygens (including phenoxy) is 2. The van der Waals surface area contributed by atoms with Gasteiger partial charge in [-0.25, -0.2) is 0 Å². The summed E-state index contributed by atoms with van der Waals surface area (Å²) in [5, 5.41) is 0. The Bertz CT molecular complexity index is 1200. The van der Waals surface area contributed by atoms with E-state index in [4.69, 9.17) is 20.9 Å². The third-order valence-electron chi connectivity index (χ3n) is 6.56. The minimum Gasteiger partial charge on any atom is -0.457 e. The molecule has 0 spiro atoms. The zero-order valence-corrected chi connectivity index (χ0v) is 21.4. The molecule has 4 nitrogen and oxygen atoms in total. The molecule has 4 rings (SSSR count). The molecule has 180 valence electrons. The number of hydrogen-bond donors (Lipinski definition) is 2. The lowest BCUT2D eigenvalue weighted by molar-refractivity contribution is 0.473. The lowest BCUT2D eigenvalue weighted by atomic mass is 9.76. The molecule has 0 aliphatic carbocycles. The predicted octanol–water partition coefficient (Wildman–Crippen LogP) is 8.00. The highest BCUT2D eigenvalue weighted by atomic mass is 16.5. The zero-order valence-electron chi connectivity index (χ0n) is 21.4. The van der Waals surface area contributed by atoms with Crippen molar-refractivity contribution in [1.82, 2.24) is 0 Å². The van der Waals surface area contributed by atoms with Gasteiger partial charge in [0.1, 0.15) is 23.0 Å². The van der Waals surface area contributed by atoms with E-state index in [9.17, 15) is 0 Å². The molecule has 4 aromatic rings. The molecule has 0 saturated heterocycles. The van der Waals surface area contributed by atoms with Gasteiger partial charge in [-0.1, -0.05) is 38.1 Å². The number of anilines is 2. The molecule has 0 heterocycles. The lowest BCUT2D eigenvalue weighted by Gasteiger charge is -2.29. The quantitative estimate of drug-likeness (QED) is 0.282. The Balaban J connectivity index is 1.64. The number of rotatable bonds is 6. The maximum atomic E-state index is 6.21. The molecule has 0 atom stereocenters. The Morgan fingerprint density at radius 3 is 1.09 bits per heavy atom. The van der Waals surface area contributed by atoms with Gasteiger partial charge in [0.05, 0.1) is 0 Å². The van der Waals surface area contributed by atoms with E-state index >= 15 is 0 Å². The summed E-state index contributed by atoms with van der Waals surface area (Å²) in [6, 6.07) is 23.9. The molecule has 4 N–H and O–H groups in total. The fourth-order valence-corrected chi connectivity index (χ4v) is 4.42. The first-order chi connectivity index (χ1) is 16.5. The third-order valence-corrected chi connectivity index (χ3v) is 6.56. The lowest BCUT2D eigenvalue weighted by Crippen LogP contribution is -2.20. The van der Waals surface area contributed by atoms with Gasteiger partial charge in [0, 0.05) is 16.8 Å². The van der Waals surface area contributed by atoms with Crippen LogP contribution in [-0.4, -0.2) is 0 Å². The van der Waals surface area contributed by atoms with E-state index in [0.717, 1.165) is 56.6 Å². The van der Waals surface area contributed by atoms with Crippen molar-refractivity contribution in [2.75, 3.05) is 11.5 Å². The topological polar surface area (TPSA) is 70.5 Å². The van der Waals surface area contributed by atoms with Crippen LogP contribution in [0.15, 0.2) is 72.8 Å². The third kappa shape index (κ3) is 5.12. The van der Waals surface area contributed by atoms with Crippen LogP contribution in [0.2, 0.25) is 0 Å². The predicted molar refractivity (Wildman–Crippen MR) is 146 cm³/mol. The van der Waals surface area contributed by atoms with Crippen LogP contribution in [0.3, 0.4) is 0 Å². The van der Waals surface area contributed by atoms with Crippen LogP contribution in [0.25, 0.3) is 0 Å². The second kappa shape index (κ2) is 9.38. The van der Waals surface area contributed by atoms with Gasteiger partial charge in [0.2, 0.25) is 0 Å². The average Bonchev–Trinajstić information content (AvgIpc) is 2.80. The second-order valence-electron chi connectivity index (χ2n) is 9.85. The summed E-state index contributed by atoms with van der Waals surface area (Å²) in [4.78, 5) is 0. The van der Waals surface area contributed by atoms with E-state index in [1.807, 2.05) is 48.5 Å². The number of nitrogens with two attached hydrogens (primary N) is 2. The smallest absolute Gasteiger partial charge is 0.133 e. The van der Waals surface area contributed by atoms with E-state index in [-0.39, 0.29) is 5.41 Å². The van der Waals surface area contributed by atoms with Crippen molar-refractivity contribution in [1.29, 1.82) is 0 Å². The molecule has 0 aromatic heterocycles. The Labute approximate surface area is 208 Å². The van der Waals surface area contributed by atoms with Crippen molar-refractivity contribution >= 4 is 11.4 Å². The first kappa shape index (κ1) is 24.2. The largest absolute Gasteiger partial charge is 0.457 e. The van der Waals surface area contributed by atoms with E-state index in [0.29, 0.717) is 0 Å². The average molecular weight is 467 g/mol. The number of hydrogen-bond acceptors (Lipinski definition) is 4. The summed E-state index contributed by atoms with van der Waals surface area (Å²) in [5.74, 6) is 3.32. The van der Waals surface area contributed by atoms with Crippen molar-refractivity contribution in [2.24, 2.45) is 0 Å². The van der Waals surface area contributed by atoms with Crippen molar-refractivity contribution in [2.45, 2.75) is 47.0 Å². The molecule has 4 heteroatoms. The van der Waals surface area contributed by atoms with Gasteiger partial charge in [0.25, 0.3) is 0 Å². The van der Waals surface area contributed by atoms with Crippen molar-refractivity contribution in [3.63, 3.8) is 0 Å². The maximum Gasteiger partial charge on any atom is 0.133 e. The molecule has 0 aliphatic heterocycles. The maximum absolute atomic E-state index is 6.21. The fourth-order valence-electron chi connectivity index (χ4n) is 4.42. The first-order valence-corrected chi connectivity index (χ1v) is 11.8. The molecule has 0 fully saturated rings. The molecule has 0 bridgehead atoms. The van der Waals surface area contributed by atoms with Crippen LogP contribution in [0.1, 0.15) is 47.2 Å². The van der Waals surface area contributed by atoms with Crippen molar-refractivity contribution < 1.29 is 9.47 Å². The van der Waals surface area contributed by atoms with Gasteiger partial charge in [-0.3, -0.25) is 0 Å². The fraction of sp³-hybridized carbons (Fsp3) is 0.226. The van der Waals surface area contributed by atoms with E-state index < -0.39 is 0 Å². The highest BCUT2D eigenvalue weighted by molar-refractivity contribution is 5.54. The molecular weight excluding hydrogens is 432 g/mol. The minimum atomic E-state index is -0.204. The van der Waals surface area contributed by atoms with Crippen molar-refractivity contribution in [3.8, 4) is 23.0 Å². The summed E-state index contributed by atoms with van der Waals surface area (Å²) in [6.07, 6.45) is 0. The van der Waals surface area contributed by atoms with Crippen LogP contribution >= 0.6 is 0 Å². The van der Waals surface area contributed by atoms with E-state index in [2.05, 4.69) is 65.8 Å². The Kier molecular flexibility index (Phi) is 6.49. The molecule has 0 radical (unpaired) electrons. The van der Waals surface area contributed by atoms with Crippen molar-refractivity contribution in [3.05, 3.63) is 106 Å². The molecule has 0 aliphatic rings. The molecule has 0 amide bonds.